The SMILES string of the molecule is CN=C(NCCNC(=O)c1ccc(C(F)(F)F)cc1)NCc1nnc2ccccn12.I. The van der Waals surface area contributed by atoms with Crippen LogP contribution in [0.5, 0.6) is 0 Å². The third kappa shape index (κ3) is 6.54. The van der Waals surface area contributed by atoms with Gasteiger partial charge in [-0.2, -0.15) is 13.2 Å². The molecule has 3 aromatic rings. The van der Waals surface area contributed by atoms with E-state index in [4.69, 9.17) is 0 Å². The van der Waals surface area contributed by atoms with Crippen LogP contribution < -0.4 is 16.0 Å². The summed E-state index contributed by atoms with van der Waals surface area (Å²) < 4.78 is 39.6. The molecule has 0 saturated heterocycles. The minimum absolute atomic E-state index is 0. The lowest BCUT2D eigenvalue weighted by Crippen LogP contribution is -2.41. The number of benzene rings is 1. The van der Waals surface area contributed by atoms with Crippen molar-refractivity contribution in [3.05, 3.63) is 65.6 Å². The Balaban J connectivity index is 0.00000341. The van der Waals surface area contributed by atoms with Crippen LogP contribution in [0.2, 0.25) is 0 Å². The molecule has 0 spiro atoms. The Labute approximate surface area is 193 Å². The number of carbonyl (C=O) groups excluding carboxylic acids is 1. The third-order valence-electron chi connectivity index (χ3n) is 4.20. The molecule has 0 fully saturated rings. The fourth-order valence-electron chi connectivity index (χ4n) is 2.66. The number of fused-ring (bicyclic) bond motifs is 1. The summed E-state index contributed by atoms with van der Waals surface area (Å²) in [6.45, 7) is 1.02. The Morgan fingerprint density at radius 1 is 1.03 bits per heavy atom. The average molecular weight is 547 g/mol. The van der Waals surface area contributed by atoms with Crippen LogP contribution in [0.15, 0.2) is 53.7 Å². The van der Waals surface area contributed by atoms with E-state index < -0.39 is 17.6 Å². The van der Waals surface area contributed by atoms with E-state index >= 15 is 0 Å². The number of carbonyl (C=O) groups is 1. The van der Waals surface area contributed by atoms with E-state index in [0.717, 1.165) is 29.9 Å². The molecule has 3 rings (SSSR count). The molecule has 12 heteroatoms. The molecule has 0 atom stereocenters. The van der Waals surface area contributed by atoms with Crippen molar-refractivity contribution in [3.8, 4) is 0 Å². The Morgan fingerprint density at radius 2 is 1.74 bits per heavy atom. The Morgan fingerprint density at radius 3 is 2.42 bits per heavy atom. The van der Waals surface area contributed by atoms with Crippen LogP contribution >= 0.6 is 24.0 Å². The van der Waals surface area contributed by atoms with E-state index in [9.17, 15) is 18.0 Å². The summed E-state index contributed by atoms with van der Waals surface area (Å²) in [6, 6.07) is 9.67. The topological polar surface area (TPSA) is 95.7 Å². The number of halogens is 4. The van der Waals surface area contributed by atoms with Gasteiger partial charge in [0.05, 0.1) is 12.1 Å². The summed E-state index contributed by atoms with van der Waals surface area (Å²) in [4.78, 5) is 16.1. The average Bonchev–Trinajstić information content (AvgIpc) is 3.16. The number of guanidine groups is 1. The van der Waals surface area contributed by atoms with Crippen LogP contribution in [0.25, 0.3) is 5.65 Å². The maximum atomic E-state index is 12.6. The molecule has 166 valence electrons. The summed E-state index contributed by atoms with van der Waals surface area (Å²) in [7, 11) is 1.61. The van der Waals surface area contributed by atoms with Crippen molar-refractivity contribution in [2.24, 2.45) is 4.99 Å². The largest absolute Gasteiger partial charge is 0.416 e. The van der Waals surface area contributed by atoms with Crippen molar-refractivity contribution < 1.29 is 18.0 Å². The predicted molar refractivity (Wildman–Crippen MR) is 120 cm³/mol. The molecule has 8 nitrogen and oxygen atoms in total. The molecule has 2 aromatic heterocycles. The van der Waals surface area contributed by atoms with Crippen LogP contribution in [0, 0.1) is 0 Å². The van der Waals surface area contributed by atoms with Crippen LogP contribution in [0.4, 0.5) is 13.2 Å². The number of hydrogen-bond acceptors (Lipinski definition) is 4. The van der Waals surface area contributed by atoms with Gasteiger partial charge in [0.1, 0.15) is 0 Å². The molecule has 31 heavy (non-hydrogen) atoms. The van der Waals surface area contributed by atoms with Crippen molar-refractivity contribution in [2.45, 2.75) is 12.7 Å². The zero-order valence-corrected chi connectivity index (χ0v) is 18.8. The molecular weight excluding hydrogens is 526 g/mol. The highest BCUT2D eigenvalue weighted by Crippen LogP contribution is 2.29. The monoisotopic (exact) mass is 547 g/mol. The van der Waals surface area contributed by atoms with E-state index in [-0.39, 0.29) is 36.1 Å². The molecule has 0 bridgehead atoms. The summed E-state index contributed by atoms with van der Waals surface area (Å²) in [6.07, 6.45) is -2.57. The quantitative estimate of drug-likeness (QED) is 0.191. The number of aliphatic imine (C=N–C) groups is 1. The summed E-state index contributed by atoms with van der Waals surface area (Å²) in [5.41, 5.74) is 0.100. The zero-order valence-electron chi connectivity index (χ0n) is 16.5. The van der Waals surface area contributed by atoms with Gasteiger partial charge in [0.25, 0.3) is 5.91 Å². The van der Waals surface area contributed by atoms with Crippen LogP contribution in [0.1, 0.15) is 21.7 Å². The Hall–Kier alpha value is -2.90. The molecule has 0 aliphatic carbocycles. The second kappa shape index (κ2) is 10.9. The number of amides is 1. The molecule has 0 radical (unpaired) electrons. The standard InChI is InChI=1S/C19H20F3N7O.HI/c1-23-18(26-12-16-28-27-15-4-2-3-11-29(15)16)25-10-9-24-17(30)13-5-7-14(8-6-13)19(20,21)22;/h2-8,11H,9-10,12H2,1H3,(H,24,30)(H2,23,25,26);1H. The number of nitrogens with one attached hydrogen (secondary N) is 3. The lowest BCUT2D eigenvalue weighted by atomic mass is 10.1. The van der Waals surface area contributed by atoms with Gasteiger partial charge in [-0.1, -0.05) is 6.07 Å². The van der Waals surface area contributed by atoms with E-state index in [2.05, 4.69) is 31.1 Å². The number of nitrogens with zero attached hydrogens (tertiary/aromatic N) is 4. The van der Waals surface area contributed by atoms with Gasteiger partial charge < -0.3 is 16.0 Å². The number of aromatic nitrogens is 3. The number of alkyl halides is 3. The fraction of sp³-hybridized carbons (Fsp3) is 0.263. The highest BCUT2D eigenvalue weighted by atomic mass is 127. The first-order valence-corrected chi connectivity index (χ1v) is 9.07. The third-order valence-corrected chi connectivity index (χ3v) is 4.20. The van der Waals surface area contributed by atoms with E-state index in [1.165, 1.54) is 0 Å². The van der Waals surface area contributed by atoms with Crippen molar-refractivity contribution in [1.82, 2.24) is 30.5 Å². The second-order valence-electron chi connectivity index (χ2n) is 6.23. The van der Waals surface area contributed by atoms with Gasteiger partial charge in [0, 0.05) is 31.9 Å². The number of rotatable bonds is 6. The number of hydrogen-bond donors (Lipinski definition) is 3. The van der Waals surface area contributed by atoms with Crippen molar-refractivity contribution in [1.29, 1.82) is 0 Å². The molecule has 0 unspecified atom stereocenters. The van der Waals surface area contributed by atoms with Crippen LogP contribution in [0.3, 0.4) is 0 Å². The van der Waals surface area contributed by atoms with Crippen molar-refractivity contribution >= 4 is 41.5 Å². The van der Waals surface area contributed by atoms with Gasteiger partial charge >= 0.3 is 6.18 Å². The van der Waals surface area contributed by atoms with Gasteiger partial charge in [0.2, 0.25) is 0 Å². The summed E-state index contributed by atoms with van der Waals surface area (Å²) in [5, 5.41) is 17.0. The second-order valence-corrected chi connectivity index (χ2v) is 6.23. The molecule has 0 aliphatic heterocycles. The van der Waals surface area contributed by atoms with Gasteiger partial charge in [-0.3, -0.25) is 14.2 Å². The summed E-state index contributed by atoms with van der Waals surface area (Å²) in [5.74, 6) is 0.763. The van der Waals surface area contributed by atoms with E-state index in [0.29, 0.717) is 24.9 Å². The van der Waals surface area contributed by atoms with Gasteiger partial charge in [-0.25, -0.2) is 0 Å². The molecule has 1 aromatic carbocycles. The van der Waals surface area contributed by atoms with E-state index in [1.54, 1.807) is 7.05 Å². The first-order chi connectivity index (χ1) is 14.4. The van der Waals surface area contributed by atoms with Crippen LogP contribution in [-0.2, 0) is 12.7 Å². The normalized spacial score (nSPS) is 11.7. The van der Waals surface area contributed by atoms with Crippen LogP contribution in [-0.4, -0.2) is 46.6 Å². The van der Waals surface area contributed by atoms with E-state index in [1.807, 2.05) is 28.8 Å². The van der Waals surface area contributed by atoms with Crippen molar-refractivity contribution in [3.63, 3.8) is 0 Å². The smallest absolute Gasteiger partial charge is 0.355 e. The Bertz CT molecular complexity index is 1030. The highest BCUT2D eigenvalue weighted by Gasteiger charge is 2.30. The van der Waals surface area contributed by atoms with Gasteiger partial charge in [-0.15, -0.1) is 34.2 Å². The fourth-order valence-corrected chi connectivity index (χ4v) is 2.66. The maximum Gasteiger partial charge on any atom is 0.416 e. The predicted octanol–water partition coefficient (Wildman–Crippen LogP) is 2.46. The minimum atomic E-state index is -4.43. The Kier molecular flexibility index (Phi) is 8.59. The maximum absolute atomic E-state index is 12.6. The summed E-state index contributed by atoms with van der Waals surface area (Å²) >= 11 is 0. The minimum Gasteiger partial charge on any atom is -0.355 e. The van der Waals surface area contributed by atoms with Gasteiger partial charge in [0.15, 0.2) is 17.4 Å². The molecular formula is C19H21F3IN7O. The molecule has 3 N–H and O–H groups in total. The van der Waals surface area contributed by atoms with Crippen molar-refractivity contribution in [2.75, 3.05) is 20.1 Å². The van der Waals surface area contributed by atoms with Gasteiger partial charge in [-0.05, 0) is 36.4 Å². The number of pyridine rings is 1. The molecule has 0 saturated carbocycles. The first kappa shape index (κ1) is 24.4. The zero-order chi connectivity index (χ0) is 21.6. The molecule has 2 heterocycles. The molecule has 1 amide bonds. The molecule has 0 aliphatic rings. The highest BCUT2D eigenvalue weighted by molar-refractivity contribution is 14.0. The lowest BCUT2D eigenvalue weighted by Gasteiger charge is -2.12. The first-order valence-electron chi connectivity index (χ1n) is 9.07. The lowest BCUT2D eigenvalue weighted by molar-refractivity contribution is -0.137.